The van der Waals surface area contributed by atoms with E-state index in [2.05, 4.69) is 117 Å². The molecule has 0 saturated carbocycles. The lowest BCUT2D eigenvalue weighted by Gasteiger charge is -2.42. The average Bonchev–Trinajstić information content (AvgIpc) is 3.24. The monoisotopic (exact) mass is 566 g/mol. The summed E-state index contributed by atoms with van der Waals surface area (Å²) in [7, 11) is 0. The smallest absolute Gasteiger partial charge is 0.129 e. The van der Waals surface area contributed by atoms with Crippen molar-refractivity contribution in [2.75, 3.05) is 26.2 Å². The zero-order chi connectivity index (χ0) is 29.3. The van der Waals surface area contributed by atoms with Crippen molar-refractivity contribution < 1.29 is 0 Å². The SMILES string of the molecule is CC1(C)C=CC=C2N/C(=C(/C#N)c3ccnc(CC(C)(C)C(C)(C)c4ccc(CN5CCNCC5)cc4)n3)SC2=C1. The molecular weight excluding hydrogens is 524 g/mol. The summed E-state index contributed by atoms with van der Waals surface area (Å²) in [5.74, 6) is 0.754. The second kappa shape index (κ2) is 11.6. The highest BCUT2D eigenvalue weighted by atomic mass is 32.2. The van der Waals surface area contributed by atoms with Gasteiger partial charge in [-0.25, -0.2) is 9.97 Å². The molecule has 0 amide bonds. The summed E-state index contributed by atoms with van der Waals surface area (Å²) < 4.78 is 0. The molecule has 0 bridgehead atoms. The summed E-state index contributed by atoms with van der Waals surface area (Å²) in [6, 6.07) is 13.4. The number of thioether (sulfide) groups is 1. The molecule has 2 fully saturated rings. The van der Waals surface area contributed by atoms with E-state index in [9.17, 15) is 5.26 Å². The van der Waals surface area contributed by atoms with Crippen LogP contribution in [0.25, 0.3) is 5.57 Å². The molecule has 1 aromatic carbocycles. The number of fused-ring (bicyclic) bond motifs is 1. The van der Waals surface area contributed by atoms with E-state index < -0.39 is 0 Å². The van der Waals surface area contributed by atoms with Crippen LogP contribution < -0.4 is 10.6 Å². The van der Waals surface area contributed by atoms with Crippen molar-refractivity contribution in [2.45, 2.75) is 59.9 Å². The Morgan fingerprint density at radius 2 is 1.83 bits per heavy atom. The first-order valence-corrected chi connectivity index (χ1v) is 15.4. The Morgan fingerprint density at radius 1 is 1.10 bits per heavy atom. The number of hydrogen-bond acceptors (Lipinski definition) is 7. The van der Waals surface area contributed by atoms with Crippen molar-refractivity contribution >= 4 is 17.3 Å². The number of benzene rings is 1. The molecule has 3 heterocycles. The lowest BCUT2D eigenvalue weighted by Crippen LogP contribution is -2.42. The molecule has 214 valence electrons. The van der Waals surface area contributed by atoms with Crippen LogP contribution >= 0.6 is 11.8 Å². The van der Waals surface area contributed by atoms with Crippen LogP contribution in [0.5, 0.6) is 0 Å². The maximum absolute atomic E-state index is 10.2. The topological polar surface area (TPSA) is 76.9 Å². The summed E-state index contributed by atoms with van der Waals surface area (Å²) in [6.45, 7) is 18.9. The minimum Gasteiger partial charge on any atom is -0.348 e. The number of hydrogen-bond donors (Lipinski definition) is 2. The molecule has 0 spiro atoms. The summed E-state index contributed by atoms with van der Waals surface area (Å²) in [4.78, 5) is 13.2. The van der Waals surface area contributed by atoms with Crippen LogP contribution in [0.1, 0.15) is 64.2 Å². The van der Waals surface area contributed by atoms with Gasteiger partial charge in [0.1, 0.15) is 17.5 Å². The number of nitriles is 1. The van der Waals surface area contributed by atoms with Gasteiger partial charge in [-0.05, 0) is 34.1 Å². The summed E-state index contributed by atoms with van der Waals surface area (Å²) in [5.41, 5.74) is 4.60. The first-order valence-electron chi connectivity index (χ1n) is 14.5. The Labute approximate surface area is 249 Å². The van der Waals surface area contributed by atoms with E-state index in [0.717, 1.165) is 54.2 Å². The third-order valence-electron chi connectivity index (χ3n) is 8.90. The number of aromatic nitrogens is 2. The molecule has 2 N–H and O–H groups in total. The van der Waals surface area contributed by atoms with E-state index in [1.54, 1.807) is 18.0 Å². The van der Waals surface area contributed by atoms with E-state index in [4.69, 9.17) is 4.98 Å². The van der Waals surface area contributed by atoms with Crippen LogP contribution in [0.3, 0.4) is 0 Å². The number of piperazine rings is 1. The van der Waals surface area contributed by atoms with Crippen molar-refractivity contribution in [1.82, 2.24) is 25.5 Å². The van der Waals surface area contributed by atoms with Gasteiger partial charge in [-0.15, -0.1) is 0 Å². The molecule has 41 heavy (non-hydrogen) atoms. The molecule has 0 unspecified atom stereocenters. The van der Waals surface area contributed by atoms with Gasteiger partial charge >= 0.3 is 0 Å². The molecule has 2 aliphatic heterocycles. The van der Waals surface area contributed by atoms with Crippen molar-refractivity contribution in [3.63, 3.8) is 0 Å². The van der Waals surface area contributed by atoms with Crippen LogP contribution in [-0.4, -0.2) is 41.0 Å². The standard InChI is InChI=1S/C34H42N6S/c1-32(2)14-7-8-28-29(20-32)41-31(39-28)26(22-35)27-13-15-37-30(38-27)21-33(3,4)34(5,6)25-11-9-24(10-12-25)23-40-18-16-36-17-19-40/h7-15,20,36,39H,16-19,21,23H2,1-6H3/b31-26+. The first kappa shape index (κ1) is 29.3. The molecule has 0 atom stereocenters. The predicted octanol–water partition coefficient (Wildman–Crippen LogP) is 6.32. The molecule has 6 nitrogen and oxygen atoms in total. The molecule has 7 heteroatoms. The lowest BCUT2D eigenvalue weighted by molar-refractivity contribution is 0.192. The van der Waals surface area contributed by atoms with Gasteiger partial charge in [0.15, 0.2) is 0 Å². The van der Waals surface area contributed by atoms with Gasteiger partial charge in [0.05, 0.1) is 16.4 Å². The maximum atomic E-state index is 10.2. The van der Waals surface area contributed by atoms with Crippen LogP contribution in [0, 0.1) is 22.2 Å². The van der Waals surface area contributed by atoms with Gasteiger partial charge in [0, 0.05) is 55.7 Å². The van der Waals surface area contributed by atoms with Crippen LogP contribution in [0.15, 0.2) is 76.5 Å². The molecule has 5 rings (SSSR count). The third kappa shape index (κ3) is 6.51. The number of nitrogens with one attached hydrogen (secondary N) is 2. The van der Waals surface area contributed by atoms with E-state index in [0.29, 0.717) is 17.7 Å². The van der Waals surface area contributed by atoms with Gasteiger partial charge < -0.3 is 10.6 Å². The summed E-state index contributed by atoms with van der Waals surface area (Å²) in [5, 5.41) is 17.9. The fraction of sp³-hybridized carbons (Fsp3) is 0.441. The average molecular weight is 567 g/mol. The predicted molar refractivity (Wildman–Crippen MR) is 169 cm³/mol. The maximum Gasteiger partial charge on any atom is 0.129 e. The second-order valence-corrected chi connectivity index (χ2v) is 14.1. The number of allylic oxidation sites excluding steroid dienone is 5. The Balaban J connectivity index is 1.34. The Hall–Kier alpha value is -3.18. The fourth-order valence-corrected chi connectivity index (χ4v) is 6.73. The molecule has 1 aromatic heterocycles. The van der Waals surface area contributed by atoms with Gasteiger partial charge in [-0.2, -0.15) is 5.26 Å². The quantitative estimate of drug-likeness (QED) is 0.380. The van der Waals surface area contributed by atoms with Crippen molar-refractivity contribution in [2.24, 2.45) is 10.8 Å². The van der Waals surface area contributed by atoms with Gasteiger partial charge in [-0.1, -0.05) is 95.8 Å². The zero-order valence-electron chi connectivity index (χ0n) is 25.2. The molecule has 2 saturated heterocycles. The van der Waals surface area contributed by atoms with Crippen LogP contribution in [0.4, 0.5) is 0 Å². The van der Waals surface area contributed by atoms with Gasteiger partial charge in [0.25, 0.3) is 0 Å². The highest BCUT2D eigenvalue weighted by molar-refractivity contribution is 8.07. The van der Waals surface area contributed by atoms with E-state index in [1.165, 1.54) is 11.1 Å². The molecule has 1 aliphatic carbocycles. The Kier molecular flexibility index (Phi) is 8.29. The fourth-order valence-electron chi connectivity index (χ4n) is 5.51. The van der Waals surface area contributed by atoms with Crippen molar-refractivity contribution in [3.8, 4) is 6.07 Å². The zero-order valence-corrected chi connectivity index (χ0v) is 26.0. The minimum absolute atomic E-state index is 0.0453. The largest absolute Gasteiger partial charge is 0.348 e. The van der Waals surface area contributed by atoms with Crippen LogP contribution in [0.2, 0.25) is 0 Å². The van der Waals surface area contributed by atoms with E-state index >= 15 is 0 Å². The van der Waals surface area contributed by atoms with E-state index in [-0.39, 0.29) is 16.2 Å². The number of rotatable bonds is 7. The molecular formula is C34H42N6S. The Bertz CT molecular complexity index is 1450. The van der Waals surface area contributed by atoms with Gasteiger partial charge in [-0.3, -0.25) is 4.90 Å². The van der Waals surface area contributed by atoms with Crippen molar-refractivity contribution in [1.29, 1.82) is 5.26 Å². The van der Waals surface area contributed by atoms with Gasteiger partial charge in [0.2, 0.25) is 0 Å². The number of nitrogens with zero attached hydrogens (tertiary/aromatic N) is 4. The second-order valence-electron chi connectivity index (χ2n) is 13.1. The molecule has 3 aliphatic rings. The Morgan fingerprint density at radius 3 is 2.54 bits per heavy atom. The molecule has 0 radical (unpaired) electrons. The highest BCUT2D eigenvalue weighted by Gasteiger charge is 2.39. The van der Waals surface area contributed by atoms with E-state index in [1.807, 2.05) is 6.07 Å². The third-order valence-corrected chi connectivity index (χ3v) is 9.97. The highest BCUT2D eigenvalue weighted by Crippen LogP contribution is 2.45. The summed E-state index contributed by atoms with van der Waals surface area (Å²) in [6.07, 6.45) is 11.1. The van der Waals surface area contributed by atoms with Crippen LogP contribution in [-0.2, 0) is 18.4 Å². The first-order chi connectivity index (χ1) is 19.5. The summed E-state index contributed by atoms with van der Waals surface area (Å²) >= 11 is 1.60. The minimum atomic E-state index is -0.132. The molecule has 2 aromatic rings. The lowest BCUT2D eigenvalue weighted by atomic mass is 9.62. The normalized spacial score (nSPS) is 20.3. The van der Waals surface area contributed by atoms with Crippen molar-refractivity contribution in [3.05, 3.63) is 99.1 Å².